The van der Waals surface area contributed by atoms with E-state index in [1.807, 2.05) is 17.0 Å². The molecule has 0 spiro atoms. The zero-order valence-corrected chi connectivity index (χ0v) is 16.7. The van der Waals surface area contributed by atoms with Crippen LogP contribution in [0, 0.1) is 0 Å². The van der Waals surface area contributed by atoms with Gasteiger partial charge in [-0.3, -0.25) is 14.3 Å². The van der Waals surface area contributed by atoms with Crippen LogP contribution in [0.5, 0.6) is 0 Å². The molecule has 1 fully saturated rings. The van der Waals surface area contributed by atoms with Crippen LogP contribution in [0.15, 0.2) is 53.6 Å². The molecule has 4 rings (SSSR count). The van der Waals surface area contributed by atoms with Gasteiger partial charge in [0, 0.05) is 53.2 Å². The first kappa shape index (κ1) is 18.9. The van der Waals surface area contributed by atoms with Crippen LogP contribution in [0.2, 0.25) is 10.0 Å². The predicted molar refractivity (Wildman–Crippen MR) is 110 cm³/mol. The first-order chi connectivity index (χ1) is 13.5. The molecule has 0 N–H and O–H groups in total. The van der Waals surface area contributed by atoms with Gasteiger partial charge in [0.25, 0.3) is 5.56 Å². The third-order valence-corrected chi connectivity index (χ3v) is 5.42. The van der Waals surface area contributed by atoms with Crippen molar-refractivity contribution < 1.29 is 4.74 Å². The highest BCUT2D eigenvalue weighted by Gasteiger charge is 2.28. The third-order valence-electron chi connectivity index (χ3n) is 4.76. The number of halogens is 2. The van der Waals surface area contributed by atoms with Gasteiger partial charge < -0.3 is 9.64 Å². The SMILES string of the molecule is Cn1c(N2CCO[C@H](c3c(Cl)cccc3Cl)C2)nc(-c2ccncc2)cc1=O. The lowest BCUT2D eigenvalue weighted by Gasteiger charge is -2.35. The summed E-state index contributed by atoms with van der Waals surface area (Å²) in [5, 5.41) is 1.12. The van der Waals surface area contributed by atoms with Gasteiger partial charge in [0.2, 0.25) is 5.95 Å². The van der Waals surface area contributed by atoms with Gasteiger partial charge in [-0.25, -0.2) is 4.98 Å². The molecular formula is C20H18Cl2N4O2. The molecule has 144 valence electrons. The number of anilines is 1. The number of ether oxygens (including phenoxy) is 1. The number of rotatable bonds is 3. The van der Waals surface area contributed by atoms with Crippen LogP contribution in [0.1, 0.15) is 11.7 Å². The lowest BCUT2D eigenvalue weighted by Crippen LogP contribution is -2.41. The van der Waals surface area contributed by atoms with Gasteiger partial charge in [-0.05, 0) is 24.3 Å². The number of hydrogen-bond acceptors (Lipinski definition) is 5. The zero-order chi connectivity index (χ0) is 19.7. The molecular weight excluding hydrogens is 399 g/mol. The maximum atomic E-state index is 12.5. The van der Waals surface area contributed by atoms with Gasteiger partial charge in [-0.2, -0.15) is 0 Å². The lowest BCUT2D eigenvalue weighted by atomic mass is 10.1. The molecule has 0 aliphatic carbocycles. The molecule has 3 heterocycles. The van der Waals surface area contributed by atoms with Crippen LogP contribution in [0.25, 0.3) is 11.3 Å². The summed E-state index contributed by atoms with van der Waals surface area (Å²) in [6, 6.07) is 10.6. The Hall–Kier alpha value is -2.41. The van der Waals surface area contributed by atoms with Crippen molar-refractivity contribution in [2.24, 2.45) is 7.05 Å². The highest BCUT2D eigenvalue weighted by atomic mass is 35.5. The Bertz CT molecular complexity index is 1040. The number of hydrogen-bond donors (Lipinski definition) is 0. The zero-order valence-electron chi connectivity index (χ0n) is 15.2. The summed E-state index contributed by atoms with van der Waals surface area (Å²) in [4.78, 5) is 23.3. The molecule has 0 unspecified atom stereocenters. The minimum Gasteiger partial charge on any atom is -0.370 e. The fourth-order valence-corrected chi connectivity index (χ4v) is 3.95. The molecule has 0 saturated carbocycles. The fraction of sp³-hybridized carbons (Fsp3) is 0.250. The minimum atomic E-state index is -0.309. The molecule has 28 heavy (non-hydrogen) atoms. The summed E-state index contributed by atoms with van der Waals surface area (Å²) in [6.07, 6.45) is 3.05. The van der Waals surface area contributed by atoms with Crippen LogP contribution in [-0.4, -0.2) is 34.2 Å². The van der Waals surface area contributed by atoms with Crippen molar-refractivity contribution in [2.45, 2.75) is 6.10 Å². The van der Waals surface area contributed by atoms with E-state index in [2.05, 4.69) is 4.98 Å². The molecule has 1 aliphatic rings. The molecule has 1 aliphatic heterocycles. The van der Waals surface area contributed by atoms with Gasteiger partial charge in [0.05, 0.1) is 18.8 Å². The molecule has 3 aromatic rings. The fourth-order valence-electron chi connectivity index (χ4n) is 3.30. The van der Waals surface area contributed by atoms with Crippen molar-refractivity contribution in [3.05, 3.63) is 74.8 Å². The Morgan fingerprint density at radius 1 is 1.14 bits per heavy atom. The van der Waals surface area contributed by atoms with E-state index in [4.69, 9.17) is 32.9 Å². The molecule has 0 amide bonds. The highest BCUT2D eigenvalue weighted by molar-refractivity contribution is 6.36. The van der Waals surface area contributed by atoms with E-state index in [-0.39, 0.29) is 11.7 Å². The van der Waals surface area contributed by atoms with Crippen molar-refractivity contribution in [3.8, 4) is 11.3 Å². The first-order valence-electron chi connectivity index (χ1n) is 8.83. The molecule has 6 nitrogen and oxygen atoms in total. The van der Waals surface area contributed by atoms with E-state index in [1.165, 1.54) is 6.07 Å². The van der Waals surface area contributed by atoms with Crippen LogP contribution in [0.4, 0.5) is 5.95 Å². The molecule has 1 aromatic carbocycles. The average Bonchev–Trinajstić information content (AvgIpc) is 2.71. The van der Waals surface area contributed by atoms with Gasteiger partial charge in [-0.1, -0.05) is 29.3 Å². The quantitative estimate of drug-likeness (QED) is 0.650. The molecule has 2 aromatic heterocycles. The van der Waals surface area contributed by atoms with Crippen LogP contribution >= 0.6 is 23.2 Å². The standard InChI is InChI=1S/C20H18Cl2N4O2/c1-25-18(27)11-16(13-5-7-23-8-6-13)24-20(25)26-9-10-28-17(12-26)19-14(21)3-2-4-15(19)22/h2-8,11,17H,9-10,12H2,1H3/t17-/m0/s1. The van der Waals surface area contributed by atoms with E-state index >= 15 is 0 Å². The second-order valence-electron chi connectivity index (χ2n) is 6.52. The Morgan fingerprint density at radius 3 is 2.57 bits per heavy atom. The van der Waals surface area contributed by atoms with E-state index in [0.29, 0.717) is 41.4 Å². The number of benzene rings is 1. The minimum absolute atomic E-state index is 0.129. The van der Waals surface area contributed by atoms with Crippen molar-refractivity contribution in [1.82, 2.24) is 14.5 Å². The Balaban J connectivity index is 1.71. The summed E-state index contributed by atoms with van der Waals surface area (Å²) in [5.74, 6) is 0.579. The normalized spacial score (nSPS) is 17.0. The van der Waals surface area contributed by atoms with E-state index in [9.17, 15) is 4.79 Å². The second kappa shape index (κ2) is 7.91. The Kier molecular flexibility index (Phi) is 5.35. The van der Waals surface area contributed by atoms with E-state index < -0.39 is 0 Å². The topological polar surface area (TPSA) is 60.2 Å². The maximum absolute atomic E-state index is 12.5. The summed E-state index contributed by atoms with van der Waals surface area (Å²) in [7, 11) is 1.72. The first-order valence-corrected chi connectivity index (χ1v) is 9.59. The number of pyridine rings is 1. The molecule has 8 heteroatoms. The second-order valence-corrected chi connectivity index (χ2v) is 7.33. The van der Waals surface area contributed by atoms with E-state index in [0.717, 1.165) is 11.1 Å². The van der Waals surface area contributed by atoms with Crippen molar-refractivity contribution in [3.63, 3.8) is 0 Å². The average molecular weight is 417 g/mol. The van der Waals surface area contributed by atoms with Gasteiger partial charge in [0.15, 0.2) is 0 Å². The number of aromatic nitrogens is 3. The molecule has 0 bridgehead atoms. The van der Waals surface area contributed by atoms with Crippen molar-refractivity contribution in [1.29, 1.82) is 0 Å². The smallest absolute Gasteiger partial charge is 0.255 e. The van der Waals surface area contributed by atoms with Gasteiger partial charge >= 0.3 is 0 Å². The highest BCUT2D eigenvalue weighted by Crippen LogP contribution is 2.35. The molecule has 1 atom stereocenters. The summed E-state index contributed by atoms with van der Waals surface area (Å²) in [6.45, 7) is 1.57. The molecule has 0 radical (unpaired) electrons. The summed E-state index contributed by atoms with van der Waals surface area (Å²) < 4.78 is 7.47. The predicted octanol–water partition coefficient (Wildman–Crippen LogP) is 3.73. The number of morpholine rings is 1. The van der Waals surface area contributed by atoms with Crippen LogP contribution < -0.4 is 10.5 Å². The van der Waals surface area contributed by atoms with Gasteiger partial charge in [-0.15, -0.1) is 0 Å². The summed E-state index contributed by atoms with van der Waals surface area (Å²) in [5.41, 5.74) is 2.08. The maximum Gasteiger partial charge on any atom is 0.255 e. The lowest BCUT2D eigenvalue weighted by molar-refractivity contribution is 0.0391. The summed E-state index contributed by atoms with van der Waals surface area (Å²) >= 11 is 12.7. The largest absolute Gasteiger partial charge is 0.370 e. The van der Waals surface area contributed by atoms with Crippen LogP contribution in [0.3, 0.4) is 0 Å². The van der Waals surface area contributed by atoms with Gasteiger partial charge in [0.1, 0.15) is 6.10 Å². The monoisotopic (exact) mass is 416 g/mol. The third kappa shape index (κ3) is 3.63. The molecule has 1 saturated heterocycles. The van der Waals surface area contributed by atoms with Crippen LogP contribution in [-0.2, 0) is 11.8 Å². The Morgan fingerprint density at radius 2 is 1.86 bits per heavy atom. The number of nitrogens with zero attached hydrogens (tertiary/aromatic N) is 4. The van der Waals surface area contributed by atoms with E-state index in [1.54, 1.807) is 42.2 Å². The van der Waals surface area contributed by atoms with Crippen molar-refractivity contribution >= 4 is 29.2 Å². The van der Waals surface area contributed by atoms with Crippen molar-refractivity contribution in [2.75, 3.05) is 24.6 Å². The Labute approximate surface area is 172 Å².